The summed E-state index contributed by atoms with van der Waals surface area (Å²) in [6.07, 6.45) is -4.00. The summed E-state index contributed by atoms with van der Waals surface area (Å²) in [5.41, 5.74) is 0. The van der Waals surface area contributed by atoms with Gasteiger partial charge >= 0.3 is 6.30 Å². The highest BCUT2D eigenvalue weighted by Gasteiger charge is 2.41. The Kier molecular flexibility index (Phi) is 4.00. The van der Waals surface area contributed by atoms with Crippen molar-refractivity contribution >= 4 is 15.9 Å². The van der Waals surface area contributed by atoms with Gasteiger partial charge in [-0.1, -0.05) is 15.9 Å². The van der Waals surface area contributed by atoms with E-state index in [9.17, 15) is 13.2 Å². The maximum absolute atomic E-state index is 12.1. The second-order valence-corrected chi connectivity index (χ2v) is 3.68. The quantitative estimate of drug-likeness (QED) is 0.569. The molecule has 1 fully saturated rings. The summed E-state index contributed by atoms with van der Waals surface area (Å²) in [4.78, 5) is 0.492. The van der Waals surface area contributed by atoms with E-state index in [1.165, 1.54) is 0 Å². The van der Waals surface area contributed by atoms with E-state index in [0.29, 0.717) is 23.3 Å². The van der Waals surface area contributed by atoms with Crippen molar-refractivity contribution in [1.29, 1.82) is 0 Å². The largest absolute Gasteiger partial charge is 0.460 e. The molecule has 1 aliphatic heterocycles. The molecule has 0 radical (unpaired) electrons. The van der Waals surface area contributed by atoms with Crippen LogP contribution in [0.5, 0.6) is 0 Å². The first-order valence-electron chi connectivity index (χ1n) is 4.03. The van der Waals surface area contributed by atoms with E-state index in [1.807, 2.05) is 0 Å². The third-order valence-electron chi connectivity index (χ3n) is 1.93. The number of likely N-dealkylation sites (tertiary alicyclic amines) is 1. The summed E-state index contributed by atoms with van der Waals surface area (Å²) in [5, 5.41) is 0.662. The lowest BCUT2D eigenvalue weighted by Gasteiger charge is -2.18. The molecule has 6 heteroatoms. The molecular weight excluding hydrogens is 251 g/mol. The van der Waals surface area contributed by atoms with Gasteiger partial charge in [-0.3, -0.25) is 0 Å². The first kappa shape index (κ1) is 11.3. The predicted octanol–water partition coefficient (Wildman–Crippen LogP) is 1.99. The summed E-state index contributed by atoms with van der Waals surface area (Å²) in [6, 6.07) is 0. The van der Waals surface area contributed by atoms with Crippen molar-refractivity contribution in [3.63, 3.8) is 0 Å². The van der Waals surface area contributed by atoms with Crippen molar-refractivity contribution in [1.82, 2.24) is 4.90 Å². The van der Waals surface area contributed by atoms with Gasteiger partial charge in [-0.05, 0) is 6.42 Å². The molecule has 0 spiro atoms. The molecule has 78 valence electrons. The number of hydrogen-bond acceptors (Lipinski definition) is 2. The van der Waals surface area contributed by atoms with E-state index in [-0.39, 0.29) is 19.2 Å². The molecule has 0 unspecified atom stereocenters. The highest BCUT2D eigenvalue weighted by atomic mass is 79.9. The van der Waals surface area contributed by atoms with Gasteiger partial charge in [0.2, 0.25) is 0 Å². The topological polar surface area (TPSA) is 12.5 Å². The molecule has 0 saturated carbocycles. The fourth-order valence-corrected chi connectivity index (χ4v) is 1.49. The van der Waals surface area contributed by atoms with Gasteiger partial charge in [0.05, 0.1) is 12.7 Å². The van der Waals surface area contributed by atoms with Crippen LogP contribution in [0.2, 0.25) is 0 Å². The fourth-order valence-electron chi connectivity index (χ4n) is 1.31. The second-order valence-electron chi connectivity index (χ2n) is 2.88. The molecule has 1 saturated heterocycles. The zero-order valence-electron chi connectivity index (χ0n) is 6.98. The molecule has 2 nitrogen and oxygen atoms in total. The number of nitrogens with zero attached hydrogens (tertiary/aromatic N) is 1. The van der Waals surface area contributed by atoms with E-state index in [4.69, 9.17) is 4.74 Å². The zero-order chi connectivity index (χ0) is 9.90. The van der Waals surface area contributed by atoms with Crippen LogP contribution in [0.4, 0.5) is 13.2 Å². The Morgan fingerprint density at radius 2 is 2.15 bits per heavy atom. The third-order valence-corrected chi connectivity index (χ3v) is 2.26. The van der Waals surface area contributed by atoms with E-state index in [2.05, 4.69) is 15.9 Å². The third kappa shape index (κ3) is 3.44. The van der Waals surface area contributed by atoms with Crippen LogP contribution in [0.3, 0.4) is 0 Å². The van der Waals surface area contributed by atoms with Crippen LogP contribution < -0.4 is 0 Å². The molecule has 0 aromatic rings. The van der Waals surface area contributed by atoms with Gasteiger partial charge in [-0.25, -0.2) is 4.90 Å². The zero-order valence-corrected chi connectivity index (χ0v) is 8.57. The van der Waals surface area contributed by atoms with Crippen LogP contribution in [0.15, 0.2) is 0 Å². The minimum absolute atomic E-state index is 0.0312. The Hall–Kier alpha value is 0.190. The Bertz CT molecular complexity index is 164. The van der Waals surface area contributed by atoms with Crippen molar-refractivity contribution in [2.75, 3.05) is 25.0 Å². The number of rotatable bonds is 3. The highest BCUT2D eigenvalue weighted by molar-refractivity contribution is 9.09. The number of ether oxygens (including phenoxy) is 1. The van der Waals surface area contributed by atoms with Crippen LogP contribution in [0, 0.1) is 0 Å². The maximum Gasteiger partial charge on any atom is 0.460 e. The van der Waals surface area contributed by atoms with Gasteiger partial charge in [-0.15, -0.1) is 0 Å². The van der Waals surface area contributed by atoms with Crippen LogP contribution in [0.1, 0.15) is 6.42 Å². The molecular formula is C7H11BrF3NO. The standard InChI is InChI=1S/C7H11BrF3NO/c8-2-4-13-6-1-3-12(5-6)7(9,10)11/h6H,1-5H2/t6-/m1/s1. The van der Waals surface area contributed by atoms with Crippen molar-refractivity contribution < 1.29 is 17.9 Å². The van der Waals surface area contributed by atoms with E-state index in [1.54, 1.807) is 0 Å². The molecule has 0 N–H and O–H groups in total. The predicted molar refractivity (Wildman–Crippen MR) is 45.8 cm³/mol. The Balaban J connectivity index is 2.28. The van der Waals surface area contributed by atoms with Gasteiger partial charge in [0.1, 0.15) is 0 Å². The first-order valence-corrected chi connectivity index (χ1v) is 5.15. The van der Waals surface area contributed by atoms with Crippen LogP contribution in [-0.4, -0.2) is 42.3 Å². The van der Waals surface area contributed by atoms with E-state index in [0.717, 1.165) is 0 Å². The Morgan fingerprint density at radius 3 is 2.62 bits per heavy atom. The number of hydrogen-bond donors (Lipinski definition) is 0. The SMILES string of the molecule is FC(F)(F)N1CC[C@@H](OCCBr)C1. The van der Waals surface area contributed by atoms with Crippen LogP contribution in [-0.2, 0) is 4.74 Å². The van der Waals surface area contributed by atoms with Crippen LogP contribution >= 0.6 is 15.9 Å². The van der Waals surface area contributed by atoms with Gasteiger partial charge in [0, 0.05) is 18.4 Å². The van der Waals surface area contributed by atoms with Crippen molar-refractivity contribution in [3.05, 3.63) is 0 Å². The molecule has 1 heterocycles. The van der Waals surface area contributed by atoms with Gasteiger partial charge in [-0.2, -0.15) is 13.2 Å². The first-order chi connectivity index (χ1) is 6.04. The summed E-state index contributed by atoms with van der Waals surface area (Å²) in [5.74, 6) is 0. The van der Waals surface area contributed by atoms with Crippen molar-refractivity contribution in [3.8, 4) is 0 Å². The highest BCUT2D eigenvalue weighted by Crippen LogP contribution is 2.26. The Labute approximate surface area is 83.2 Å². The van der Waals surface area contributed by atoms with Gasteiger partial charge in [0.15, 0.2) is 0 Å². The molecule has 0 aliphatic carbocycles. The normalized spacial score (nSPS) is 25.4. The average Bonchev–Trinajstić information content (AvgIpc) is 2.47. The summed E-state index contributed by atoms with van der Waals surface area (Å²) in [6.45, 7) is 0.489. The molecule has 13 heavy (non-hydrogen) atoms. The molecule has 0 amide bonds. The maximum atomic E-state index is 12.1. The molecule has 0 aromatic carbocycles. The minimum atomic E-state index is -4.20. The number of halogens is 4. The minimum Gasteiger partial charge on any atom is -0.376 e. The fraction of sp³-hybridized carbons (Fsp3) is 1.00. The lowest BCUT2D eigenvalue weighted by Crippen LogP contribution is -2.36. The average molecular weight is 262 g/mol. The van der Waals surface area contributed by atoms with E-state index >= 15 is 0 Å². The summed E-state index contributed by atoms with van der Waals surface area (Å²) < 4.78 is 41.5. The van der Waals surface area contributed by atoms with E-state index < -0.39 is 6.30 Å². The molecule has 0 bridgehead atoms. The summed E-state index contributed by atoms with van der Waals surface area (Å²) >= 11 is 3.15. The smallest absolute Gasteiger partial charge is 0.376 e. The molecule has 1 rings (SSSR count). The van der Waals surface area contributed by atoms with Crippen molar-refractivity contribution in [2.45, 2.75) is 18.8 Å². The van der Waals surface area contributed by atoms with Crippen LogP contribution in [0.25, 0.3) is 0 Å². The number of alkyl halides is 4. The lowest BCUT2D eigenvalue weighted by molar-refractivity contribution is -0.240. The second kappa shape index (κ2) is 4.61. The summed E-state index contributed by atoms with van der Waals surface area (Å²) in [7, 11) is 0. The Morgan fingerprint density at radius 1 is 1.46 bits per heavy atom. The molecule has 1 aliphatic rings. The molecule has 1 atom stereocenters. The lowest BCUT2D eigenvalue weighted by atomic mass is 10.3. The molecule has 0 aromatic heterocycles. The van der Waals surface area contributed by atoms with Gasteiger partial charge in [0.25, 0.3) is 0 Å². The van der Waals surface area contributed by atoms with Gasteiger partial charge < -0.3 is 4.74 Å². The van der Waals surface area contributed by atoms with Crippen molar-refractivity contribution in [2.24, 2.45) is 0 Å². The monoisotopic (exact) mass is 261 g/mol.